The average molecular weight is 376 g/mol. The van der Waals surface area contributed by atoms with Gasteiger partial charge in [0.25, 0.3) is 5.91 Å². The van der Waals surface area contributed by atoms with Gasteiger partial charge in [0.2, 0.25) is 0 Å². The lowest BCUT2D eigenvalue weighted by atomic mass is 10.1. The summed E-state index contributed by atoms with van der Waals surface area (Å²) in [5.41, 5.74) is 1.33. The van der Waals surface area contributed by atoms with Gasteiger partial charge in [-0.15, -0.1) is 0 Å². The normalized spacial score (nSPS) is 16.2. The number of amides is 1. The Morgan fingerprint density at radius 1 is 1.19 bits per heavy atom. The molecule has 0 spiro atoms. The molecular formula is C20H24F2N3O2+. The maximum absolute atomic E-state index is 13.8. The molecule has 3 N–H and O–H groups in total. The summed E-state index contributed by atoms with van der Waals surface area (Å²) in [6.45, 7) is 5.26. The number of nitrogens with one attached hydrogen (secondary N) is 2. The third kappa shape index (κ3) is 4.95. The van der Waals surface area contributed by atoms with Crippen LogP contribution in [-0.4, -0.2) is 43.7 Å². The molecule has 1 saturated heterocycles. The summed E-state index contributed by atoms with van der Waals surface area (Å²) in [5, 5.41) is 12.2. The standard InChI is InChI=1S/C20H23F2N3O2/c1-14(18-7-2-15(21)12-19(18)22)23-20(27)13-24-8-10-25(11-9-24)16-3-5-17(26)6-4-16/h2-7,12,14,26H,8-11,13H2,1H3,(H,23,27)/p+1/t14-/m0/s1. The van der Waals surface area contributed by atoms with Crippen molar-refractivity contribution in [1.82, 2.24) is 5.32 Å². The van der Waals surface area contributed by atoms with Crippen LogP contribution in [0, 0.1) is 11.6 Å². The van der Waals surface area contributed by atoms with Crippen molar-refractivity contribution >= 4 is 11.6 Å². The number of quaternary nitrogens is 1. The molecule has 1 heterocycles. The second kappa shape index (κ2) is 8.35. The van der Waals surface area contributed by atoms with E-state index in [9.17, 15) is 18.7 Å². The Morgan fingerprint density at radius 2 is 1.85 bits per heavy atom. The van der Waals surface area contributed by atoms with Gasteiger partial charge in [0.1, 0.15) is 17.4 Å². The number of phenolic OH excluding ortho intramolecular Hbond substituents is 1. The minimum atomic E-state index is -0.655. The van der Waals surface area contributed by atoms with Gasteiger partial charge in [0.15, 0.2) is 6.54 Å². The lowest BCUT2D eigenvalue weighted by molar-refractivity contribution is -0.892. The average Bonchev–Trinajstić information content (AvgIpc) is 2.63. The van der Waals surface area contributed by atoms with Crippen LogP contribution in [0.3, 0.4) is 0 Å². The fourth-order valence-electron chi connectivity index (χ4n) is 3.37. The van der Waals surface area contributed by atoms with Gasteiger partial charge in [-0.05, 0) is 37.3 Å². The van der Waals surface area contributed by atoms with Gasteiger partial charge in [0, 0.05) is 17.3 Å². The van der Waals surface area contributed by atoms with Crippen LogP contribution in [0.2, 0.25) is 0 Å². The maximum Gasteiger partial charge on any atom is 0.275 e. The highest BCUT2D eigenvalue weighted by molar-refractivity contribution is 5.77. The minimum absolute atomic E-state index is 0.153. The number of carbonyl (C=O) groups is 1. The molecule has 1 amide bonds. The van der Waals surface area contributed by atoms with Crippen molar-refractivity contribution in [1.29, 1.82) is 0 Å². The highest BCUT2D eigenvalue weighted by Gasteiger charge is 2.23. The van der Waals surface area contributed by atoms with E-state index in [0.29, 0.717) is 6.54 Å². The first-order valence-corrected chi connectivity index (χ1v) is 9.04. The summed E-state index contributed by atoms with van der Waals surface area (Å²) in [6, 6.07) is 9.95. The zero-order valence-electron chi connectivity index (χ0n) is 15.2. The van der Waals surface area contributed by atoms with E-state index in [0.717, 1.165) is 42.8 Å². The second-order valence-electron chi connectivity index (χ2n) is 6.89. The number of hydrogen-bond donors (Lipinski definition) is 3. The lowest BCUT2D eigenvalue weighted by Crippen LogP contribution is -3.15. The molecule has 0 radical (unpaired) electrons. The molecule has 1 aliphatic rings. The highest BCUT2D eigenvalue weighted by Crippen LogP contribution is 2.18. The van der Waals surface area contributed by atoms with E-state index in [2.05, 4.69) is 10.2 Å². The Labute approximate surface area is 157 Å². The second-order valence-corrected chi connectivity index (χ2v) is 6.89. The van der Waals surface area contributed by atoms with Gasteiger partial charge in [-0.1, -0.05) is 6.07 Å². The monoisotopic (exact) mass is 376 g/mol. The van der Waals surface area contributed by atoms with Crippen molar-refractivity contribution in [2.24, 2.45) is 0 Å². The molecule has 1 fully saturated rings. The first-order chi connectivity index (χ1) is 12.9. The molecule has 5 nitrogen and oxygen atoms in total. The highest BCUT2D eigenvalue weighted by atomic mass is 19.1. The van der Waals surface area contributed by atoms with Gasteiger partial charge in [-0.25, -0.2) is 8.78 Å². The molecule has 1 aliphatic heterocycles. The van der Waals surface area contributed by atoms with E-state index < -0.39 is 17.7 Å². The van der Waals surface area contributed by atoms with Crippen molar-refractivity contribution in [2.75, 3.05) is 37.6 Å². The minimum Gasteiger partial charge on any atom is -0.508 e. The van der Waals surface area contributed by atoms with E-state index in [1.54, 1.807) is 19.1 Å². The van der Waals surface area contributed by atoms with E-state index in [4.69, 9.17) is 0 Å². The molecule has 0 unspecified atom stereocenters. The molecule has 7 heteroatoms. The Bertz CT molecular complexity index is 790. The smallest absolute Gasteiger partial charge is 0.275 e. The molecule has 0 aliphatic carbocycles. The van der Waals surface area contributed by atoms with E-state index in [1.165, 1.54) is 12.1 Å². The number of piperazine rings is 1. The number of anilines is 1. The molecule has 3 rings (SSSR count). The fraction of sp³-hybridized carbons (Fsp3) is 0.350. The molecule has 1 atom stereocenters. The number of carbonyl (C=O) groups excluding carboxylic acids is 1. The maximum atomic E-state index is 13.8. The van der Waals surface area contributed by atoms with Gasteiger partial charge >= 0.3 is 0 Å². The van der Waals surface area contributed by atoms with Gasteiger partial charge in [-0.2, -0.15) is 0 Å². The van der Waals surface area contributed by atoms with Crippen molar-refractivity contribution in [3.63, 3.8) is 0 Å². The molecule has 0 saturated carbocycles. The number of hydrogen-bond acceptors (Lipinski definition) is 3. The Kier molecular flexibility index (Phi) is 5.91. The third-order valence-corrected chi connectivity index (χ3v) is 4.90. The van der Waals surface area contributed by atoms with Crippen LogP contribution in [0.5, 0.6) is 5.75 Å². The molecule has 0 bridgehead atoms. The quantitative estimate of drug-likeness (QED) is 0.736. The zero-order valence-corrected chi connectivity index (χ0v) is 15.2. The van der Waals surface area contributed by atoms with Crippen LogP contribution in [0.15, 0.2) is 42.5 Å². The molecule has 2 aromatic rings. The molecular weight excluding hydrogens is 352 g/mol. The largest absolute Gasteiger partial charge is 0.508 e. The van der Waals surface area contributed by atoms with E-state index >= 15 is 0 Å². The SMILES string of the molecule is C[C@H](NC(=O)C[NH+]1CCN(c2ccc(O)cc2)CC1)c1ccc(F)cc1F. The number of aromatic hydroxyl groups is 1. The van der Waals surface area contributed by atoms with Crippen molar-refractivity contribution in [3.8, 4) is 5.75 Å². The first-order valence-electron chi connectivity index (χ1n) is 9.04. The summed E-state index contributed by atoms with van der Waals surface area (Å²) in [5.74, 6) is -1.20. The van der Waals surface area contributed by atoms with Gasteiger partial charge in [-0.3, -0.25) is 4.79 Å². The lowest BCUT2D eigenvalue weighted by Gasteiger charge is -2.33. The zero-order chi connectivity index (χ0) is 19.4. The first kappa shape index (κ1) is 19.1. The van der Waals surface area contributed by atoms with E-state index in [1.807, 2.05) is 12.1 Å². The van der Waals surface area contributed by atoms with Crippen LogP contribution in [-0.2, 0) is 4.79 Å². The van der Waals surface area contributed by atoms with Gasteiger partial charge in [0.05, 0.1) is 32.2 Å². The molecule has 144 valence electrons. The molecule has 0 aromatic heterocycles. The molecule has 27 heavy (non-hydrogen) atoms. The summed E-state index contributed by atoms with van der Waals surface area (Å²) in [4.78, 5) is 15.7. The Morgan fingerprint density at radius 3 is 2.48 bits per heavy atom. The third-order valence-electron chi connectivity index (χ3n) is 4.90. The van der Waals surface area contributed by atoms with Gasteiger partial charge < -0.3 is 20.2 Å². The summed E-state index contributed by atoms with van der Waals surface area (Å²) in [7, 11) is 0. The number of benzene rings is 2. The van der Waals surface area contributed by atoms with Crippen LogP contribution < -0.4 is 15.1 Å². The topological polar surface area (TPSA) is 57.0 Å². The predicted molar refractivity (Wildman–Crippen MR) is 98.8 cm³/mol. The van der Waals surface area contributed by atoms with Crippen LogP contribution in [0.1, 0.15) is 18.5 Å². The Hall–Kier alpha value is -2.67. The fourth-order valence-corrected chi connectivity index (χ4v) is 3.37. The van der Waals surface area contributed by atoms with Crippen LogP contribution in [0.25, 0.3) is 0 Å². The van der Waals surface area contributed by atoms with Crippen molar-refractivity contribution in [2.45, 2.75) is 13.0 Å². The molecule has 2 aromatic carbocycles. The predicted octanol–water partition coefficient (Wildman–Crippen LogP) is 1.25. The summed E-state index contributed by atoms with van der Waals surface area (Å²) >= 11 is 0. The van der Waals surface area contributed by atoms with Crippen LogP contribution in [0.4, 0.5) is 14.5 Å². The van der Waals surface area contributed by atoms with Crippen LogP contribution >= 0.6 is 0 Å². The van der Waals surface area contributed by atoms with Crippen molar-refractivity contribution < 1.29 is 23.6 Å². The summed E-state index contributed by atoms with van der Waals surface area (Å²) in [6.07, 6.45) is 0. The van der Waals surface area contributed by atoms with E-state index in [-0.39, 0.29) is 17.2 Å². The summed E-state index contributed by atoms with van der Waals surface area (Å²) < 4.78 is 26.8. The number of rotatable bonds is 5. The Balaban J connectivity index is 1.48. The number of halogens is 2. The number of phenols is 1. The number of nitrogens with zero attached hydrogens (tertiary/aromatic N) is 1. The van der Waals surface area contributed by atoms with Crippen molar-refractivity contribution in [3.05, 3.63) is 59.7 Å².